The molecule has 0 atom stereocenters. The van der Waals surface area contributed by atoms with Crippen LogP contribution in [0.2, 0.25) is 0 Å². The fourth-order valence-electron chi connectivity index (χ4n) is 2.74. The van der Waals surface area contributed by atoms with Crippen LogP contribution in [0.5, 0.6) is 0 Å². The summed E-state index contributed by atoms with van der Waals surface area (Å²) in [5.74, 6) is 0.652. The van der Waals surface area contributed by atoms with Gasteiger partial charge < -0.3 is 10.3 Å². The quantitative estimate of drug-likeness (QED) is 0.859. The first-order valence-corrected chi connectivity index (χ1v) is 6.30. The van der Waals surface area contributed by atoms with Crippen LogP contribution in [0.4, 0.5) is 5.95 Å². The van der Waals surface area contributed by atoms with Crippen LogP contribution in [0.3, 0.4) is 0 Å². The van der Waals surface area contributed by atoms with Crippen molar-refractivity contribution in [3.05, 3.63) is 23.8 Å². The molecule has 1 aromatic heterocycles. The lowest BCUT2D eigenvalue weighted by Crippen LogP contribution is -2.31. The zero-order chi connectivity index (χ0) is 12.0. The lowest BCUT2D eigenvalue weighted by molar-refractivity contribution is 0.135. The Kier molecular flexibility index (Phi) is 2.18. The minimum Gasteiger partial charge on any atom is -0.369 e. The molecule has 0 spiro atoms. The number of benzene rings is 1. The maximum Gasteiger partial charge on any atom is 0.201 e. The maximum absolute atomic E-state index is 6.04. The molecule has 2 N–H and O–H groups in total. The van der Waals surface area contributed by atoms with E-state index in [9.17, 15) is 0 Å². The van der Waals surface area contributed by atoms with E-state index in [-0.39, 0.29) is 0 Å². The molecule has 1 aromatic carbocycles. The minimum absolute atomic E-state index is 0.423. The van der Waals surface area contributed by atoms with Crippen molar-refractivity contribution in [2.45, 2.75) is 39.7 Å². The summed E-state index contributed by atoms with van der Waals surface area (Å²) < 4.78 is 2.17. The SMILES string of the molecule is Cc1ccc2c(c1)nc(N)n2CC1(C)CCC1. The van der Waals surface area contributed by atoms with E-state index in [1.165, 1.54) is 30.3 Å². The van der Waals surface area contributed by atoms with Gasteiger partial charge >= 0.3 is 0 Å². The topological polar surface area (TPSA) is 43.8 Å². The van der Waals surface area contributed by atoms with Crippen LogP contribution < -0.4 is 5.73 Å². The predicted octanol–water partition coefficient (Wildman–Crippen LogP) is 3.12. The second-order valence-corrected chi connectivity index (χ2v) is 5.71. The predicted molar refractivity (Wildman–Crippen MR) is 70.8 cm³/mol. The van der Waals surface area contributed by atoms with Crippen molar-refractivity contribution in [2.75, 3.05) is 5.73 Å². The van der Waals surface area contributed by atoms with Crippen LogP contribution in [0, 0.1) is 12.3 Å². The number of nitrogen functional groups attached to an aromatic ring is 1. The van der Waals surface area contributed by atoms with E-state index >= 15 is 0 Å². The highest BCUT2D eigenvalue weighted by Gasteiger charge is 2.33. The van der Waals surface area contributed by atoms with Gasteiger partial charge in [-0.25, -0.2) is 4.98 Å². The molecule has 90 valence electrons. The van der Waals surface area contributed by atoms with E-state index in [0.717, 1.165) is 12.1 Å². The van der Waals surface area contributed by atoms with Gasteiger partial charge in [0.25, 0.3) is 0 Å². The van der Waals surface area contributed by atoms with E-state index in [1.807, 2.05) is 0 Å². The Hall–Kier alpha value is -1.51. The summed E-state index contributed by atoms with van der Waals surface area (Å²) in [4.78, 5) is 4.46. The fraction of sp³-hybridized carbons (Fsp3) is 0.500. The third kappa shape index (κ3) is 1.70. The van der Waals surface area contributed by atoms with Crippen LogP contribution >= 0.6 is 0 Å². The molecule has 0 aliphatic heterocycles. The van der Waals surface area contributed by atoms with Crippen molar-refractivity contribution in [1.82, 2.24) is 9.55 Å². The molecule has 0 radical (unpaired) electrons. The number of nitrogens with two attached hydrogens (primary N) is 1. The molecule has 17 heavy (non-hydrogen) atoms. The molecule has 0 unspecified atom stereocenters. The largest absolute Gasteiger partial charge is 0.369 e. The molecule has 1 heterocycles. The first-order valence-electron chi connectivity index (χ1n) is 6.30. The van der Waals surface area contributed by atoms with E-state index in [0.29, 0.717) is 11.4 Å². The Morgan fingerprint density at radius 1 is 1.41 bits per heavy atom. The summed E-state index contributed by atoms with van der Waals surface area (Å²) in [6.07, 6.45) is 3.96. The average Bonchev–Trinajstić information content (AvgIpc) is 2.52. The van der Waals surface area contributed by atoms with Gasteiger partial charge in [0.1, 0.15) is 0 Å². The van der Waals surface area contributed by atoms with E-state index in [4.69, 9.17) is 5.73 Å². The van der Waals surface area contributed by atoms with Crippen LogP contribution in [-0.4, -0.2) is 9.55 Å². The third-order valence-electron chi connectivity index (χ3n) is 4.03. The Labute approximate surface area is 102 Å². The minimum atomic E-state index is 0.423. The third-order valence-corrected chi connectivity index (χ3v) is 4.03. The van der Waals surface area contributed by atoms with Crippen molar-refractivity contribution < 1.29 is 0 Å². The first-order chi connectivity index (χ1) is 8.07. The van der Waals surface area contributed by atoms with Gasteiger partial charge in [-0.05, 0) is 42.9 Å². The smallest absolute Gasteiger partial charge is 0.201 e. The van der Waals surface area contributed by atoms with Crippen LogP contribution in [-0.2, 0) is 6.54 Å². The molecule has 1 aliphatic rings. The number of hydrogen-bond acceptors (Lipinski definition) is 2. The lowest BCUT2D eigenvalue weighted by atomic mass is 9.70. The number of anilines is 1. The number of imidazole rings is 1. The van der Waals surface area contributed by atoms with Gasteiger partial charge in [0.05, 0.1) is 11.0 Å². The second kappa shape index (κ2) is 3.49. The molecule has 0 amide bonds. The zero-order valence-corrected chi connectivity index (χ0v) is 10.5. The Morgan fingerprint density at radius 2 is 2.18 bits per heavy atom. The van der Waals surface area contributed by atoms with Crippen molar-refractivity contribution >= 4 is 17.0 Å². The van der Waals surface area contributed by atoms with Gasteiger partial charge in [0.15, 0.2) is 0 Å². The van der Waals surface area contributed by atoms with E-state index in [2.05, 4.69) is 41.6 Å². The number of rotatable bonds is 2. The molecular weight excluding hydrogens is 210 g/mol. The van der Waals surface area contributed by atoms with Gasteiger partial charge in [0, 0.05) is 6.54 Å². The molecule has 2 aromatic rings. The summed E-state index contributed by atoms with van der Waals surface area (Å²) >= 11 is 0. The highest BCUT2D eigenvalue weighted by atomic mass is 15.2. The summed E-state index contributed by atoms with van der Waals surface area (Å²) in [7, 11) is 0. The number of aromatic nitrogens is 2. The highest BCUT2D eigenvalue weighted by Crippen LogP contribution is 2.42. The van der Waals surface area contributed by atoms with E-state index < -0.39 is 0 Å². The Balaban J connectivity index is 2.06. The van der Waals surface area contributed by atoms with Crippen LogP contribution in [0.1, 0.15) is 31.7 Å². The maximum atomic E-state index is 6.04. The van der Waals surface area contributed by atoms with Gasteiger partial charge in [-0.2, -0.15) is 0 Å². The summed E-state index contributed by atoms with van der Waals surface area (Å²) in [5.41, 5.74) is 9.88. The van der Waals surface area contributed by atoms with E-state index in [1.54, 1.807) is 0 Å². The number of fused-ring (bicyclic) bond motifs is 1. The normalized spacial score (nSPS) is 18.2. The first kappa shape index (κ1) is 10.6. The molecule has 0 saturated heterocycles. The van der Waals surface area contributed by atoms with Gasteiger partial charge in [-0.1, -0.05) is 19.4 Å². The number of hydrogen-bond donors (Lipinski definition) is 1. The summed E-state index contributed by atoms with van der Waals surface area (Å²) in [5, 5.41) is 0. The molecule has 1 fully saturated rings. The monoisotopic (exact) mass is 229 g/mol. The Bertz CT molecular complexity index is 564. The molecular formula is C14H19N3. The summed E-state index contributed by atoms with van der Waals surface area (Å²) in [6, 6.07) is 6.37. The van der Waals surface area contributed by atoms with Crippen molar-refractivity contribution in [1.29, 1.82) is 0 Å². The van der Waals surface area contributed by atoms with Crippen molar-refractivity contribution in [3.63, 3.8) is 0 Å². The van der Waals surface area contributed by atoms with Crippen molar-refractivity contribution in [2.24, 2.45) is 5.41 Å². The lowest BCUT2D eigenvalue weighted by Gasteiger charge is -2.38. The zero-order valence-electron chi connectivity index (χ0n) is 10.5. The number of nitrogens with zero attached hydrogens (tertiary/aromatic N) is 2. The molecule has 0 bridgehead atoms. The average molecular weight is 229 g/mol. The van der Waals surface area contributed by atoms with Gasteiger partial charge in [-0.3, -0.25) is 0 Å². The Morgan fingerprint density at radius 3 is 2.82 bits per heavy atom. The van der Waals surface area contributed by atoms with Gasteiger partial charge in [-0.15, -0.1) is 0 Å². The molecule has 3 heteroatoms. The fourth-order valence-corrected chi connectivity index (χ4v) is 2.74. The standard InChI is InChI=1S/C14H19N3/c1-10-4-5-12-11(8-10)16-13(15)17(12)9-14(2)6-3-7-14/h4-5,8H,3,6-7,9H2,1-2H3,(H2,15,16). The van der Waals surface area contributed by atoms with Crippen LogP contribution in [0.15, 0.2) is 18.2 Å². The number of aryl methyl sites for hydroxylation is 1. The highest BCUT2D eigenvalue weighted by molar-refractivity contribution is 5.79. The van der Waals surface area contributed by atoms with Gasteiger partial charge in [0.2, 0.25) is 5.95 Å². The molecule has 3 rings (SSSR count). The second-order valence-electron chi connectivity index (χ2n) is 5.71. The molecule has 3 nitrogen and oxygen atoms in total. The molecule has 1 aliphatic carbocycles. The molecule has 1 saturated carbocycles. The summed E-state index contributed by atoms with van der Waals surface area (Å²) in [6.45, 7) is 5.43. The van der Waals surface area contributed by atoms with Crippen LogP contribution in [0.25, 0.3) is 11.0 Å². The van der Waals surface area contributed by atoms with Crippen molar-refractivity contribution in [3.8, 4) is 0 Å².